The molecule has 0 fully saturated rings. The van der Waals surface area contributed by atoms with Crippen molar-refractivity contribution in [3.05, 3.63) is 84.8 Å². The van der Waals surface area contributed by atoms with Gasteiger partial charge in [-0.1, -0.05) is 18.2 Å². The standard InChI is InChI=1S/C20H14N2O3/c23-20(19-13-17-18(25-19)7-4-12-21-17)22-14-8-10-16(11-9-14)24-15-5-2-1-3-6-15/h1-13H,(H,22,23). The molecule has 0 aliphatic carbocycles. The summed E-state index contributed by atoms with van der Waals surface area (Å²) in [6, 6.07) is 21.8. The van der Waals surface area contributed by atoms with Gasteiger partial charge in [0.2, 0.25) is 0 Å². The maximum atomic E-state index is 12.3. The van der Waals surface area contributed by atoms with Crippen LogP contribution in [0.1, 0.15) is 10.6 Å². The summed E-state index contributed by atoms with van der Waals surface area (Å²) in [5.74, 6) is 1.35. The van der Waals surface area contributed by atoms with Crippen molar-refractivity contribution in [3.8, 4) is 11.5 Å². The Morgan fingerprint density at radius 3 is 2.44 bits per heavy atom. The minimum atomic E-state index is -0.324. The Hall–Kier alpha value is -3.60. The molecule has 0 bridgehead atoms. The van der Waals surface area contributed by atoms with Crippen LogP contribution < -0.4 is 10.1 Å². The van der Waals surface area contributed by atoms with Crippen LogP contribution in [0.4, 0.5) is 5.69 Å². The Kier molecular flexibility index (Phi) is 3.88. The number of rotatable bonds is 4. The van der Waals surface area contributed by atoms with E-state index in [-0.39, 0.29) is 11.7 Å². The molecule has 122 valence electrons. The van der Waals surface area contributed by atoms with E-state index in [0.29, 0.717) is 22.5 Å². The molecular weight excluding hydrogens is 316 g/mol. The fraction of sp³-hybridized carbons (Fsp3) is 0. The lowest BCUT2D eigenvalue weighted by Gasteiger charge is -2.07. The van der Waals surface area contributed by atoms with Gasteiger partial charge in [-0.05, 0) is 48.5 Å². The Morgan fingerprint density at radius 2 is 1.68 bits per heavy atom. The minimum absolute atomic E-state index is 0.221. The average molecular weight is 330 g/mol. The Morgan fingerprint density at radius 1 is 0.920 bits per heavy atom. The van der Waals surface area contributed by atoms with E-state index in [0.717, 1.165) is 5.75 Å². The molecule has 1 amide bonds. The van der Waals surface area contributed by atoms with Gasteiger partial charge in [-0.15, -0.1) is 0 Å². The highest BCUT2D eigenvalue weighted by Gasteiger charge is 2.13. The van der Waals surface area contributed by atoms with Crippen LogP contribution in [0.25, 0.3) is 11.1 Å². The van der Waals surface area contributed by atoms with Crippen LogP contribution in [0.5, 0.6) is 11.5 Å². The zero-order chi connectivity index (χ0) is 17.1. The number of benzene rings is 2. The molecule has 0 aliphatic heterocycles. The summed E-state index contributed by atoms with van der Waals surface area (Å²) in [6.07, 6.45) is 1.66. The first-order valence-electron chi connectivity index (χ1n) is 7.77. The van der Waals surface area contributed by atoms with E-state index < -0.39 is 0 Å². The number of aromatic nitrogens is 1. The van der Waals surface area contributed by atoms with Crippen molar-refractivity contribution < 1.29 is 13.9 Å². The Bertz CT molecular complexity index is 975. The average Bonchev–Trinajstić information content (AvgIpc) is 3.09. The number of nitrogens with one attached hydrogen (secondary N) is 1. The fourth-order valence-electron chi connectivity index (χ4n) is 2.41. The van der Waals surface area contributed by atoms with Gasteiger partial charge in [0.15, 0.2) is 11.3 Å². The van der Waals surface area contributed by atoms with E-state index >= 15 is 0 Å². The molecule has 2 heterocycles. The lowest BCUT2D eigenvalue weighted by molar-refractivity contribution is 0.0998. The third kappa shape index (κ3) is 3.35. The van der Waals surface area contributed by atoms with Gasteiger partial charge in [0.1, 0.15) is 17.0 Å². The van der Waals surface area contributed by atoms with Gasteiger partial charge in [-0.2, -0.15) is 0 Å². The molecule has 5 nitrogen and oxygen atoms in total. The monoisotopic (exact) mass is 330 g/mol. The SMILES string of the molecule is O=C(Nc1ccc(Oc2ccccc2)cc1)c1cc2ncccc2o1. The van der Waals surface area contributed by atoms with Crippen LogP contribution in [0, 0.1) is 0 Å². The Labute approximate surface area is 143 Å². The molecule has 2 aromatic heterocycles. The van der Waals surface area contributed by atoms with E-state index in [1.54, 1.807) is 48.7 Å². The molecule has 4 aromatic rings. The molecule has 0 spiro atoms. The number of nitrogens with zero attached hydrogens (tertiary/aromatic N) is 1. The van der Waals surface area contributed by atoms with Gasteiger partial charge < -0.3 is 14.5 Å². The number of ether oxygens (including phenoxy) is 1. The van der Waals surface area contributed by atoms with E-state index in [1.807, 2.05) is 30.3 Å². The second kappa shape index (κ2) is 6.49. The zero-order valence-corrected chi connectivity index (χ0v) is 13.2. The molecule has 1 N–H and O–H groups in total. The van der Waals surface area contributed by atoms with Crippen molar-refractivity contribution >= 4 is 22.7 Å². The molecule has 5 heteroatoms. The van der Waals surface area contributed by atoms with Crippen molar-refractivity contribution in [2.45, 2.75) is 0 Å². The maximum absolute atomic E-state index is 12.3. The van der Waals surface area contributed by atoms with E-state index in [2.05, 4.69) is 10.3 Å². The van der Waals surface area contributed by atoms with Crippen LogP contribution >= 0.6 is 0 Å². The number of carbonyl (C=O) groups is 1. The smallest absolute Gasteiger partial charge is 0.291 e. The van der Waals surface area contributed by atoms with Gasteiger partial charge >= 0.3 is 0 Å². The van der Waals surface area contributed by atoms with Crippen molar-refractivity contribution in [2.24, 2.45) is 0 Å². The highest BCUT2D eigenvalue weighted by atomic mass is 16.5. The van der Waals surface area contributed by atoms with Crippen molar-refractivity contribution in [1.29, 1.82) is 0 Å². The topological polar surface area (TPSA) is 64.4 Å². The lowest BCUT2D eigenvalue weighted by atomic mass is 10.3. The molecule has 0 aliphatic rings. The first kappa shape index (κ1) is 15.0. The zero-order valence-electron chi connectivity index (χ0n) is 13.2. The highest BCUT2D eigenvalue weighted by molar-refractivity contribution is 6.04. The maximum Gasteiger partial charge on any atom is 0.291 e. The van der Waals surface area contributed by atoms with Crippen LogP contribution in [0.2, 0.25) is 0 Å². The lowest BCUT2D eigenvalue weighted by Crippen LogP contribution is -2.10. The van der Waals surface area contributed by atoms with Crippen LogP contribution in [0.3, 0.4) is 0 Å². The van der Waals surface area contributed by atoms with Gasteiger partial charge in [-0.3, -0.25) is 9.78 Å². The number of pyridine rings is 1. The third-order valence-corrected chi connectivity index (χ3v) is 3.60. The van der Waals surface area contributed by atoms with Gasteiger partial charge in [0.05, 0.1) is 0 Å². The van der Waals surface area contributed by atoms with Crippen LogP contribution in [-0.2, 0) is 0 Å². The second-order valence-electron chi connectivity index (χ2n) is 5.39. The number of amides is 1. The molecule has 0 saturated carbocycles. The van der Waals surface area contributed by atoms with Crippen molar-refractivity contribution in [3.63, 3.8) is 0 Å². The third-order valence-electron chi connectivity index (χ3n) is 3.60. The van der Waals surface area contributed by atoms with Crippen LogP contribution in [0.15, 0.2) is 83.4 Å². The normalized spacial score (nSPS) is 10.6. The summed E-state index contributed by atoms with van der Waals surface area (Å²) in [4.78, 5) is 16.4. The summed E-state index contributed by atoms with van der Waals surface area (Å²) in [5, 5.41) is 2.79. The molecular formula is C20H14N2O3. The number of carbonyl (C=O) groups excluding carboxylic acids is 1. The summed E-state index contributed by atoms with van der Waals surface area (Å²) < 4.78 is 11.2. The molecule has 0 unspecified atom stereocenters. The summed E-state index contributed by atoms with van der Waals surface area (Å²) >= 11 is 0. The number of hydrogen-bond acceptors (Lipinski definition) is 4. The number of anilines is 1. The molecule has 0 saturated heterocycles. The largest absolute Gasteiger partial charge is 0.457 e. The first-order chi connectivity index (χ1) is 12.3. The predicted molar refractivity (Wildman–Crippen MR) is 94.9 cm³/mol. The number of para-hydroxylation sites is 1. The molecule has 2 aromatic carbocycles. The van der Waals surface area contributed by atoms with Gasteiger partial charge in [0.25, 0.3) is 5.91 Å². The van der Waals surface area contributed by atoms with Crippen molar-refractivity contribution in [1.82, 2.24) is 4.98 Å². The molecule has 4 rings (SSSR count). The van der Waals surface area contributed by atoms with Gasteiger partial charge in [-0.25, -0.2) is 0 Å². The summed E-state index contributed by atoms with van der Waals surface area (Å²) in [7, 11) is 0. The minimum Gasteiger partial charge on any atom is -0.457 e. The highest BCUT2D eigenvalue weighted by Crippen LogP contribution is 2.23. The molecule has 0 atom stereocenters. The summed E-state index contributed by atoms with van der Waals surface area (Å²) in [5.41, 5.74) is 1.89. The number of fused-ring (bicyclic) bond motifs is 1. The van der Waals surface area contributed by atoms with E-state index in [9.17, 15) is 4.79 Å². The van der Waals surface area contributed by atoms with E-state index in [4.69, 9.17) is 9.15 Å². The second-order valence-corrected chi connectivity index (χ2v) is 5.39. The van der Waals surface area contributed by atoms with Crippen molar-refractivity contribution in [2.75, 3.05) is 5.32 Å². The Balaban J connectivity index is 1.46. The predicted octanol–water partition coefficient (Wildman–Crippen LogP) is 4.87. The quantitative estimate of drug-likeness (QED) is 0.579. The van der Waals surface area contributed by atoms with Gasteiger partial charge in [0, 0.05) is 18.0 Å². The van der Waals surface area contributed by atoms with E-state index in [1.165, 1.54) is 0 Å². The molecule has 0 radical (unpaired) electrons. The number of furan rings is 1. The summed E-state index contributed by atoms with van der Waals surface area (Å²) in [6.45, 7) is 0. The molecule has 25 heavy (non-hydrogen) atoms. The number of hydrogen-bond donors (Lipinski definition) is 1. The fourth-order valence-corrected chi connectivity index (χ4v) is 2.41. The first-order valence-corrected chi connectivity index (χ1v) is 7.77. The van der Waals surface area contributed by atoms with Crippen LogP contribution in [-0.4, -0.2) is 10.9 Å².